The summed E-state index contributed by atoms with van der Waals surface area (Å²) in [5.74, 6) is 0.894. The zero-order valence-electron chi connectivity index (χ0n) is 20.0. The molecule has 1 aliphatic rings. The van der Waals surface area contributed by atoms with E-state index in [1.807, 2.05) is 0 Å². The average Bonchev–Trinajstić information content (AvgIpc) is 3.23. The van der Waals surface area contributed by atoms with Crippen LogP contribution in [0.2, 0.25) is 0 Å². The van der Waals surface area contributed by atoms with E-state index in [1.165, 1.54) is 33.0 Å². The van der Waals surface area contributed by atoms with E-state index >= 15 is 0 Å². The van der Waals surface area contributed by atoms with Crippen LogP contribution < -0.4 is 39.4 Å². The lowest BCUT2D eigenvalue weighted by atomic mass is 9.84. The van der Waals surface area contributed by atoms with Crippen molar-refractivity contribution in [2.24, 2.45) is 5.73 Å². The molecule has 0 fully saturated rings. The largest absolute Gasteiger partial charge is 0.493 e. The molecule has 0 bridgehead atoms. The van der Waals surface area contributed by atoms with E-state index in [0.717, 1.165) is 11.3 Å². The average molecular weight is 503 g/mol. The maximum atomic E-state index is 13.5. The van der Waals surface area contributed by atoms with Crippen LogP contribution in [0.3, 0.4) is 0 Å². The van der Waals surface area contributed by atoms with Crippen LogP contribution in [0, 0.1) is 22.7 Å². The van der Waals surface area contributed by atoms with Gasteiger partial charge in [0.15, 0.2) is 23.0 Å². The van der Waals surface area contributed by atoms with Gasteiger partial charge in [-0.1, -0.05) is 24.3 Å². The van der Waals surface area contributed by atoms with Gasteiger partial charge in [0.1, 0.15) is 10.5 Å². The first-order chi connectivity index (χ1) is 17.4. The third-order valence-corrected chi connectivity index (χ3v) is 6.96. The van der Waals surface area contributed by atoms with Gasteiger partial charge in [-0.15, -0.1) is 11.3 Å². The standard InChI is InChI=1S/C26H22N4O5S/c1-32-18-9-5-7-14(22(18)34-3)11-20-25(31)30-24(29)16(12-27)21(17(13-28)26(30)36-20)15-8-6-10-19(33-2)23(15)35-4/h5-11,21H,29H2,1-4H3/b20-11+/t21-/m0/s1. The fourth-order valence-electron chi connectivity index (χ4n) is 4.27. The Kier molecular flexibility index (Phi) is 6.73. The lowest BCUT2D eigenvalue weighted by molar-refractivity contribution is 0.351. The van der Waals surface area contributed by atoms with Gasteiger partial charge in [-0.05, 0) is 18.2 Å². The van der Waals surface area contributed by atoms with E-state index in [2.05, 4.69) is 12.1 Å². The van der Waals surface area contributed by atoms with Gasteiger partial charge in [-0.25, -0.2) is 0 Å². The van der Waals surface area contributed by atoms with Crippen LogP contribution in [0.15, 0.2) is 46.8 Å². The van der Waals surface area contributed by atoms with E-state index in [0.29, 0.717) is 43.3 Å². The Morgan fingerprint density at radius 2 is 1.53 bits per heavy atom. The number of benzene rings is 2. The summed E-state index contributed by atoms with van der Waals surface area (Å²) in [7, 11) is 6.01. The first-order valence-electron chi connectivity index (χ1n) is 10.6. The molecule has 9 nitrogen and oxygen atoms in total. The summed E-state index contributed by atoms with van der Waals surface area (Å²) in [6.07, 6.45) is 1.65. The molecule has 0 saturated carbocycles. The molecule has 4 rings (SSSR count). The van der Waals surface area contributed by atoms with Crippen LogP contribution in [0.4, 0.5) is 0 Å². The molecule has 3 aromatic rings. The number of fused-ring (bicyclic) bond motifs is 1. The first-order valence-corrected chi connectivity index (χ1v) is 11.5. The highest BCUT2D eigenvalue weighted by Crippen LogP contribution is 2.43. The van der Waals surface area contributed by atoms with Gasteiger partial charge in [0.2, 0.25) is 0 Å². The van der Waals surface area contributed by atoms with Gasteiger partial charge in [0.05, 0.1) is 62.2 Å². The molecule has 36 heavy (non-hydrogen) atoms. The molecule has 0 aliphatic carbocycles. The molecule has 2 heterocycles. The minimum atomic E-state index is -0.845. The predicted octanol–water partition coefficient (Wildman–Crippen LogP) is 1.90. The van der Waals surface area contributed by atoms with Crippen molar-refractivity contribution in [3.05, 3.63) is 72.6 Å². The molecule has 1 aliphatic heterocycles. The maximum absolute atomic E-state index is 13.5. The highest BCUT2D eigenvalue weighted by Gasteiger charge is 2.34. The molecule has 0 saturated heterocycles. The number of allylic oxidation sites excluding steroid dienone is 1. The smallest absolute Gasteiger partial charge is 0.274 e. The van der Waals surface area contributed by atoms with E-state index in [1.54, 1.807) is 42.5 Å². The van der Waals surface area contributed by atoms with Crippen molar-refractivity contribution in [2.45, 2.75) is 5.92 Å². The molecule has 2 N–H and O–H groups in total. The fourth-order valence-corrected chi connectivity index (χ4v) is 5.39. The van der Waals surface area contributed by atoms with Crippen molar-refractivity contribution in [1.82, 2.24) is 4.57 Å². The van der Waals surface area contributed by atoms with Gasteiger partial charge in [-0.3, -0.25) is 9.36 Å². The van der Waals surface area contributed by atoms with Crippen molar-refractivity contribution >= 4 is 28.8 Å². The molecule has 0 radical (unpaired) electrons. The van der Waals surface area contributed by atoms with Crippen molar-refractivity contribution in [1.29, 1.82) is 10.5 Å². The van der Waals surface area contributed by atoms with Crippen molar-refractivity contribution in [3.63, 3.8) is 0 Å². The lowest BCUT2D eigenvalue weighted by Gasteiger charge is -2.24. The molecule has 1 aromatic heterocycles. The second-order valence-corrected chi connectivity index (χ2v) is 8.62. The fraction of sp³-hybridized carbons (Fsp3) is 0.192. The number of nitrogens with zero attached hydrogens (tertiary/aromatic N) is 3. The minimum absolute atomic E-state index is 0.0418. The summed E-state index contributed by atoms with van der Waals surface area (Å²) in [6.45, 7) is 0. The zero-order chi connectivity index (χ0) is 26.0. The second kappa shape index (κ2) is 9.90. The van der Waals surface area contributed by atoms with E-state index in [9.17, 15) is 15.3 Å². The van der Waals surface area contributed by atoms with Crippen LogP contribution in [0.25, 0.3) is 17.5 Å². The van der Waals surface area contributed by atoms with Crippen molar-refractivity contribution < 1.29 is 18.9 Å². The lowest BCUT2D eigenvalue weighted by Crippen LogP contribution is -2.38. The zero-order valence-corrected chi connectivity index (χ0v) is 20.8. The Hall–Kier alpha value is -4.67. The number of aromatic nitrogens is 1. The normalized spacial score (nSPS) is 15.1. The Bertz CT molecular complexity index is 1650. The third-order valence-electron chi connectivity index (χ3n) is 5.85. The Morgan fingerprint density at radius 3 is 2.11 bits per heavy atom. The first kappa shape index (κ1) is 24.5. The number of ether oxygens (including phenoxy) is 4. The third kappa shape index (κ3) is 3.74. The predicted molar refractivity (Wildman–Crippen MR) is 135 cm³/mol. The molecule has 0 unspecified atom stereocenters. The molecule has 0 spiro atoms. The molecular formula is C26H22N4O5S. The number of nitrogens with two attached hydrogens (primary N) is 1. The van der Waals surface area contributed by atoms with Gasteiger partial charge in [0, 0.05) is 11.1 Å². The summed E-state index contributed by atoms with van der Waals surface area (Å²) in [6, 6.07) is 14.8. The van der Waals surface area contributed by atoms with Crippen LogP contribution in [-0.4, -0.2) is 33.0 Å². The number of nitriles is 2. The number of hydrogen-bond donors (Lipinski definition) is 1. The van der Waals surface area contributed by atoms with E-state index in [-0.39, 0.29) is 17.0 Å². The molecule has 10 heteroatoms. The van der Waals surface area contributed by atoms with Gasteiger partial charge in [0.25, 0.3) is 5.56 Å². The second-order valence-electron chi connectivity index (χ2n) is 7.59. The Labute approximate surface area is 210 Å². The summed E-state index contributed by atoms with van der Waals surface area (Å²) >= 11 is 1.10. The van der Waals surface area contributed by atoms with Crippen LogP contribution in [-0.2, 0) is 0 Å². The molecule has 0 amide bonds. The van der Waals surface area contributed by atoms with E-state index in [4.69, 9.17) is 24.7 Å². The number of rotatable bonds is 6. The molecule has 182 valence electrons. The summed E-state index contributed by atoms with van der Waals surface area (Å²) in [4.78, 5) is 13.5. The summed E-state index contributed by atoms with van der Waals surface area (Å²) in [5.41, 5.74) is 7.35. The SMILES string of the molecule is COc1cccc(/C=c2/sc3n(c2=O)C(N)=C(C#N)[C@H](c2cccc(OC)c2OC)C=3C#N)c1OC. The summed E-state index contributed by atoms with van der Waals surface area (Å²) in [5, 5.41) is 20.3. The number of thiazole rings is 1. The van der Waals surface area contributed by atoms with Crippen LogP contribution >= 0.6 is 11.3 Å². The number of hydrogen-bond acceptors (Lipinski definition) is 9. The molecule has 1 atom stereocenters. The topological polar surface area (TPSA) is 133 Å². The van der Waals surface area contributed by atoms with Crippen LogP contribution in [0.5, 0.6) is 23.0 Å². The Morgan fingerprint density at radius 1 is 0.917 bits per heavy atom. The van der Waals surface area contributed by atoms with Crippen molar-refractivity contribution in [2.75, 3.05) is 28.4 Å². The van der Waals surface area contributed by atoms with Crippen molar-refractivity contribution in [3.8, 4) is 35.1 Å². The van der Waals surface area contributed by atoms with Gasteiger partial charge >= 0.3 is 0 Å². The summed E-state index contributed by atoms with van der Waals surface area (Å²) < 4.78 is 23.7. The monoisotopic (exact) mass is 502 g/mol. The highest BCUT2D eigenvalue weighted by atomic mass is 32.1. The van der Waals surface area contributed by atoms with Gasteiger partial charge < -0.3 is 24.7 Å². The highest BCUT2D eigenvalue weighted by molar-refractivity contribution is 7.07. The molecular weight excluding hydrogens is 480 g/mol. The van der Waals surface area contributed by atoms with Crippen LogP contribution in [0.1, 0.15) is 17.0 Å². The van der Waals surface area contributed by atoms with E-state index < -0.39 is 11.5 Å². The number of para-hydroxylation sites is 2. The quantitative estimate of drug-likeness (QED) is 0.540. The Balaban J connectivity index is 2.08. The maximum Gasteiger partial charge on any atom is 0.274 e. The minimum Gasteiger partial charge on any atom is -0.493 e. The van der Waals surface area contributed by atoms with Gasteiger partial charge in [-0.2, -0.15) is 10.5 Å². The molecule has 2 aromatic carbocycles. The number of methoxy groups -OCH3 is 4.